The van der Waals surface area contributed by atoms with Gasteiger partial charge >= 0.3 is 17.8 Å². The molecule has 2 aromatic rings. The van der Waals surface area contributed by atoms with Crippen molar-refractivity contribution in [2.24, 2.45) is 7.05 Å². The van der Waals surface area contributed by atoms with Gasteiger partial charge in [-0.3, -0.25) is 9.36 Å². The predicted octanol–water partition coefficient (Wildman–Crippen LogP) is 2.86. The first kappa shape index (κ1) is 23.4. The summed E-state index contributed by atoms with van der Waals surface area (Å²) in [5.41, 5.74) is -4.28. The van der Waals surface area contributed by atoms with Crippen LogP contribution in [0.2, 0.25) is 10.0 Å². The van der Waals surface area contributed by atoms with Gasteiger partial charge in [-0.2, -0.15) is 13.2 Å². The highest BCUT2D eigenvalue weighted by Crippen LogP contribution is 2.33. The van der Waals surface area contributed by atoms with E-state index in [0.29, 0.717) is 4.57 Å². The first-order valence-corrected chi connectivity index (χ1v) is 8.62. The molecule has 0 unspecified atom stereocenters. The molecule has 8 nitrogen and oxygen atoms in total. The number of carbonyl (C=O) groups is 1. The quantitative estimate of drug-likeness (QED) is 0.516. The Kier molecular flexibility index (Phi) is 6.88. The Morgan fingerprint density at radius 2 is 1.83 bits per heavy atom. The van der Waals surface area contributed by atoms with E-state index < -0.39 is 29.1 Å². The number of nitrogens with zero attached hydrogens (tertiary/aromatic N) is 2. The number of aromatic nitrogens is 2. The number of ether oxygens (including phenoxy) is 2. The average molecular weight is 469 g/mol. The molecule has 0 aliphatic heterocycles. The van der Waals surface area contributed by atoms with E-state index in [4.69, 9.17) is 37.8 Å². The van der Waals surface area contributed by atoms with Gasteiger partial charge in [0.25, 0.3) is 5.56 Å². The van der Waals surface area contributed by atoms with Gasteiger partial charge in [-0.1, -0.05) is 23.2 Å². The van der Waals surface area contributed by atoms with Crippen LogP contribution in [0.25, 0.3) is 5.69 Å². The van der Waals surface area contributed by atoms with Gasteiger partial charge in [-0.25, -0.2) is 14.2 Å². The van der Waals surface area contributed by atoms with Crippen LogP contribution in [0.1, 0.15) is 5.69 Å². The molecule has 30 heavy (non-hydrogen) atoms. The number of rotatable bonds is 6. The number of hydrogen-bond donors (Lipinski definition) is 1. The zero-order valence-electron chi connectivity index (χ0n) is 15.3. The highest BCUT2D eigenvalue weighted by molar-refractivity contribution is 6.36. The van der Waals surface area contributed by atoms with Gasteiger partial charge in [0, 0.05) is 19.2 Å². The van der Waals surface area contributed by atoms with Crippen molar-refractivity contribution in [2.45, 2.75) is 6.18 Å². The highest BCUT2D eigenvalue weighted by Gasteiger charge is 2.35. The molecule has 1 N–H and O–H groups in total. The molecule has 0 bridgehead atoms. The first-order valence-electron chi connectivity index (χ1n) is 7.86. The maximum atomic E-state index is 13.0. The third-order valence-electron chi connectivity index (χ3n) is 3.77. The number of halogens is 5. The number of carboxylic acids is 1. The maximum Gasteiger partial charge on any atom is 0.431 e. The van der Waals surface area contributed by atoms with Gasteiger partial charge in [0.15, 0.2) is 0 Å². The van der Waals surface area contributed by atoms with Gasteiger partial charge in [0.1, 0.15) is 23.8 Å². The minimum Gasteiger partial charge on any atom is -0.497 e. The Morgan fingerprint density at radius 3 is 2.37 bits per heavy atom. The van der Waals surface area contributed by atoms with Crippen molar-refractivity contribution < 1.29 is 32.5 Å². The van der Waals surface area contributed by atoms with Crippen LogP contribution in [-0.4, -0.2) is 33.9 Å². The monoisotopic (exact) mass is 468 g/mol. The van der Waals surface area contributed by atoms with E-state index in [1.54, 1.807) is 0 Å². The lowest BCUT2D eigenvalue weighted by Crippen LogP contribution is -2.40. The first-order chi connectivity index (χ1) is 13.9. The molecule has 0 saturated heterocycles. The number of aliphatic carboxylic acids is 1. The second-order valence-electron chi connectivity index (χ2n) is 5.72. The Hall–Kier alpha value is -2.92. The highest BCUT2D eigenvalue weighted by atomic mass is 35.5. The predicted molar refractivity (Wildman–Crippen MR) is 101 cm³/mol. The molecule has 0 spiro atoms. The lowest BCUT2D eigenvalue weighted by Gasteiger charge is -2.16. The number of carboxylic acid groups (broad SMARTS) is 1. The molecule has 0 aliphatic rings. The lowest BCUT2D eigenvalue weighted by molar-refractivity contribution is -0.144. The van der Waals surface area contributed by atoms with Crippen LogP contribution in [-0.2, 0) is 22.8 Å². The molecule has 1 aromatic heterocycles. The fourth-order valence-corrected chi connectivity index (χ4v) is 2.89. The summed E-state index contributed by atoms with van der Waals surface area (Å²) >= 11 is 12.0. The molecule has 2 rings (SSSR count). The van der Waals surface area contributed by atoms with Crippen molar-refractivity contribution in [3.63, 3.8) is 0 Å². The molecule has 162 valence electrons. The third-order valence-corrected chi connectivity index (χ3v) is 4.37. The van der Waals surface area contributed by atoms with Crippen molar-refractivity contribution in [2.75, 3.05) is 13.7 Å². The van der Waals surface area contributed by atoms with E-state index in [9.17, 15) is 27.6 Å². The summed E-state index contributed by atoms with van der Waals surface area (Å²) in [6.45, 7) is -0.385. The van der Waals surface area contributed by atoms with Crippen molar-refractivity contribution in [3.05, 3.63) is 66.6 Å². The van der Waals surface area contributed by atoms with Crippen LogP contribution in [0, 0.1) is 0 Å². The topological polar surface area (TPSA) is 99.8 Å². The molecule has 0 saturated carbocycles. The molecule has 1 aromatic carbocycles. The Labute approximate surface area is 176 Å². The number of alkyl halides is 3. The lowest BCUT2D eigenvalue weighted by atomic mass is 10.2. The molecule has 0 aliphatic carbocycles. The summed E-state index contributed by atoms with van der Waals surface area (Å²) in [5, 5.41) is 8.48. The Balaban J connectivity index is 2.58. The van der Waals surface area contributed by atoms with Crippen LogP contribution in [0.4, 0.5) is 13.2 Å². The average Bonchev–Trinajstić information content (AvgIpc) is 2.63. The number of hydrogen-bond acceptors (Lipinski definition) is 5. The maximum absolute atomic E-state index is 13.0. The largest absolute Gasteiger partial charge is 0.497 e. The Bertz CT molecular complexity index is 1140. The second-order valence-corrected chi connectivity index (χ2v) is 6.53. The smallest absolute Gasteiger partial charge is 0.431 e. The van der Waals surface area contributed by atoms with Gasteiger partial charge in [-0.05, 0) is 6.07 Å². The second kappa shape index (κ2) is 8.84. The molecule has 1 heterocycles. The number of benzene rings is 1. The standard InChI is InChI=1S/C17H13Cl2F3N2O6/c1-23-13(17(20,21)22)6-14(25)24(16(23)28)11-5-12(10(19)4-9(11)18)30-7-8(29-2)3-15(26)27/h3-6H,7H2,1-2H3,(H,26,27)/b8-3+. The summed E-state index contributed by atoms with van der Waals surface area (Å²) in [6.07, 6.45) is -4.18. The van der Waals surface area contributed by atoms with Gasteiger partial charge in [-0.15, -0.1) is 0 Å². The summed E-state index contributed by atoms with van der Waals surface area (Å²) in [4.78, 5) is 35.4. The van der Waals surface area contributed by atoms with E-state index in [1.165, 1.54) is 7.11 Å². The van der Waals surface area contributed by atoms with E-state index >= 15 is 0 Å². The van der Waals surface area contributed by atoms with Gasteiger partial charge in [0.2, 0.25) is 0 Å². The normalized spacial score (nSPS) is 12.0. The van der Waals surface area contributed by atoms with Gasteiger partial charge < -0.3 is 14.6 Å². The molecular formula is C17H13Cl2F3N2O6. The molecular weight excluding hydrogens is 456 g/mol. The molecule has 0 atom stereocenters. The van der Waals surface area contributed by atoms with Crippen LogP contribution in [0.15, 0.2) is 39.6 Å². The van der Waals surface area contributed by atoms with Crippen molar-refractivity contribution >= 4 is 29.2 Å². The minimum absolute atomic E-state index is 0.0636. The van der Waals surface area contributed by atoms with Crippen LogP contribution in [0.3, 0.4) is 0 Å². The van der Waals surface area contributed by atoms with Crippen LogP contribution < -0.4 is 16.0 Å². The molecule has 0 fully saturated rings. The van der Waals surface area contributed by atoms with E-state index in [0.717, 1.165) is 25.3 Å². The third kappa shape index (κ3) is 4.97. The van der Waals surface area contributed by atoms with Crippen LogP contribution >= 0.6 is 23.2 Å². The zero-order chi connectivity index (χ0) is 22.8. The molecule has 0 radical (unpaired) electrons. The van der Waals surface area contributed by atoms with Crippen molar-refractivity contribution in [3.8, 4) is 11.4 Å². The van der Waals surface area contributed by atoms with E-state index in [-0.39, 0.29) is 44.5 Å². The molecule has 0 amide bonds. The fourth-order valence-electron chi connectivity index (χ4n) is 2.37. The Morgan fingerprint density at radius 1 is 1.20 bits per heavy atom. The van der Waals surface area contributed by atoms with Crippen molar-refractivity contribution in [1.29, 1.82) is 0 Å². The van der Waals surface area contributed by atoms with E-state index in [2.05, 4.69) is 0 Å². The summed E-state index contributed by atoms with van der Waals surface area (Å²) in [6, 6.07) is 2.44. The van der Waals surface area contributed by atoms with Gasteiger partial charge in [0.05, 0.1) is 28.9 Å². The number of methoxy groups -OCH3 is 1. The molecule has 13 heteroatoms. The zero-order valence-corrected chi connectivity index (χ0v) is 16.8. The summed E-state index contributed by atoms with van der Waals surface area (Å²) in [5.74, 6) is -1.51. The summed E-state index contributed by atoms with van der Waals surface area (Å²) in [7, 11) is 2.06. The fraction of sp³-hybridized carbons (Fsp3) is 0.235. The van der Waals surface area contributed by atoms with Crippen molar-refractivity contribution in [1.82, 2.24) is 9.13 Å². The van der Waals surface area contributed by atoms with E-state index in [1.807, 2.05) is 0 Å². The SMILES string of the molecule is CO/C(=C/C(=O)O)COc1cc(-n2c(=O)cc(C(F)(F)F)n(C)c2=O)c(Cl)cc1Cl. The summed E-state index contributed by atoms with van der Waals surface area (Å²) < 4.78 is 49.9. The minimum atomic E-state index is -4.92. The van der Waals surface area contributed by atoms with Crippen LogP contribution in [0.5, 0.6) is 5.75 Å².